The fraction of sp³-hybridized carbons (Fsp3) is 0.412. The Balaban J connectivity index is 1.59. The van der Waals surface area contributed by atoms with Gasteiger partial charge in [-0.05, 0) is 51.0 Å². The molecule has 0 aliphatic heterocycles. The van der Waals surface area contributed by atoms with Gasteiger partial charge in [-0.2, -0.15) is 0 Å². The van der Waals surface area contributed by atoms with Crippen molar-refractivity contribution in [2.24, 2.45) is 0 Å². The molecule has 1 saturated carbocycles. The summed E-state index contributed by atoms with van der Waals surface area (Å²) in [5.41, 5.74) is -0.216. The zero-order valence-corrected chi connectivity index (χ0v) is 13.1. The number of nitrogens with one attached hydrogen (secondary N) is 1. The van der Waals surface area contributed by atoms with Gasteiger partial charge in [0.25, 0.3) is 5.91 Å². The maximum atomic E-state index is 13.5. The summed E-state index contributed by atoms with van der Waals surface area (Å²) in [5, 5.41) is 2.71. The molecule has 1 fully saturated rings. The van der Waals surface area contributed by atoms with Crippen LogP contribution in [0.3, 0.4) is 0 Å². The monoisotopic (exact) mass is 319 g/mol. The lowest BCUT2D eigenvalue weighted by atomic mass is 9.86. The molecule has 1 aromatic heterocycles. The highest BCUT2D eigenvalue weighted by atomic mass is 19.1. The van der Waals surface area contributed by atoms with Gasteiger partial charge in [-0.15, -0.1) is 0 Å². The van der Waals surface area contributed by atoms with E-state index in [2.05, 4.69) is 10.3 Å². The first-order valence-corrected chi connectivity index (χ1v) is 7.62. The normalized spacial score (nSPS) is 20.9. The molecular weight excluding hydrogens is 300 g/mol. The molecule has 1 heterocycles. The van der Waals surface area contributed by atoms with Gasteiger partial charge in [0.1, 0.15) is 5.82 Å². The average Bonchev–Trinajstić information content (AvgIpc) is 2.91. The molecule has 1 N–H and O–H groups in total. The number of imidazole rings is 1. The van der Waals surface area contributed by atoms with E-state index in [1.54, 1.807) is 18.5 Å². The van der Waals surface area contributed by atoms with Crippen molar-refractivity contribution in [1.82, 2.24) is 14.9 Å². The zero-order chi connectivity index (χ0) is 16.6. The number of carbonyl (C=O) groups is 1. The lowest BCUT2D eigenvalue weighted by molar-refractivity contribution is -0.132. The number of amides is 1. The van der Waals surface area contributed by atoms with E-state index in [4.69, 9.17) is 0 Å². The lowest BCUT2D eigenvalue weighted by Gasteiger charge is -2.37. The van der Waals surface area contributed by atoms with Gasteiger partial charge in [-0.25, -0.2) is 13.8 Å². The Morgan fingerprint density at radius 1 is 1.30 bits per heavy atom. The van der Waals surface area contributed by atoms with E-state index >= 15 is 0 Å². The van der Waals surface area contributed by atoms with Gasteiger partial charge in [-0.3, -0.25) is 4.79 Å². The minimum Gasteiger partial charge on any atom is -0.350 e. The van der Waals surface area contributed by atoms with Gasteiger partial charge < -0.3 is 9.88 Å². The van der Waals surface area contributed by atoms with Crippen LogP contribution in [0.15, 0.2) is 36.8 Å². The minimum atomic E-state index is -1.85. The van der Waals surface area contributed by atoms with Crippen LogP contribution in [0.25, 0.3) is 11.3 Å². The number of hydrogen-bond acceptors (Lipinski definition) is 2. The maximum absolute atomic E-state index is 13.5. The Hall–Kier alpha value is -2.24. The summed E-state index contributed by atoms with van der Waals surface area (Å²) in [7, 11) is 0. The second-order valence-electron chi connectivity index (χ2n) is 6.48. The van der Waals surface area contributed by atoms with Crippen LogP contribution in [0.5, 0.6) is 0 Å². The molecule has 0 atom stereocenters. The molecule has 0 bridgehead atoms. The predicted molar refractivity (Wildman–Crippen MR) is 83.0 cm³/mol. The summed E-state index contributed by atoms with van der Waals surface area (Å²) in [5.74, 6) is -0.847. The Morgan fingerprint density at radius 2 is 1.96 bits per heavy atom. The van der Waals surface area contributed by atoms with E-state index < -0.39 is 11.6 Å². The number of carbonyl (C=O) groups excluding carboxylic acids is 1. The predicted octanol–water partition coefficient (Wildman–Crippen LogP) is 3.26. The van der Waals surface area contributed by atoms with Crippen LogP contribution < -0.4 is 5.32 Å². The van der Waals surface area contributed by atoms with E-state index in [-0.39, 0.29) is 17.9 Å². The van der Waals surface area contributed by atoms with E-state index in [1.807, 2.05) is 10.8 Å². The number of rotatable bonds is 4. The van der Waals surface area contributed by atoms with Crippen molar-refractivity contribution in [3.05, 3.63) is 42.6 Å². The van der Waals surface area contributed by atoms with Crippen molar-refractivity contribution in [1.29, 1.82) is 0 Å². The van der Waals surface area contributed by atoms with E-state index in [1.165, 1.54) is 26.0 Å². The van der Waals surface area contributed by atoms with Gasteiger partial charge in [0, 0.05) is 23.8 Å². The van der Waals surface area contributed by atoms with Crippen LogP contribution in [0.2, 0.25) is 0 Å². The Kier molecular flexibility index (Phi) is 3.92. The molecule has 4 nitrogen and oxygen atoms in total. The first-order chi connectivity index (χ1) is 10.8. The van der Waals surface area contributed by atoms with Gasteiger partial charge in [-0.1, -0.05) is 0 Å². The smallest absolute Gasteiger partial charge is 0.257 e. The summed E-state index contributed by atoms with van der Waals surface area (Å²) in [6.45, 7) is 2.51. The molecule has 0 radical (unpaired) electrons. The minimum absolute atomic E-state index is 0.000744. The SMILES string of the molecule is CC(C)(F)C(=O)NC1CC(n2cnc(-c3ccc(F)cc3)c2)C1. The first-order valence-electron chi connectivity index (χ1n) is 7.62. The molecule has 1 aliphatic rings. The number of nitrogens with zero attached hydrogens (tertiary/aromatic N) is 2. The summed E-state index contributed by atoms with van der Waals surface area (Å²) in [4.78, 5) is 15.9. The molecule has 122 valence electrons. The largest absolute Gasteiger partial charge is 0.350 e. The van der Waals surface area contributed by atoms with Crippen LogP contribution in [0, 0.1) is 5.82 Å². The van der Waals surface area contributed by atoms with Gasteiger partial charge >= 0.3 is 0 Å². The van der Waals surface area contributed by atoms with Crippen LogP contribution in [-0.4, -0.2) is 27.2 Å². The summed E-state index contributed by atoms with van der Waals surface area (Å²) >= 11 is 0. The second kappa shape index (κ2) is 5.76. The maximum Gasteiger partial charge on any atom is 0.257 e. The van der Waals surface area contributed by atoms with E-state index in [0.717, 1.165) is 24.1 Å². The lowest BCUT2D eigenvalue weighted by Crippen LogP contribution is -2.50. The van der Waals surface area contributed by atoms with Crippen molar-refractivity contribution < 1.29 is 13.6 Å². The quantitative estimate of drug-likeness (QED) is 0.940. The fourth-order valence-corrected chi connectivity index (χ4v) is 2.61. The third-order valence-corrected chi connectivity index (χ3v) is 4.15. The van der Waals surface area contributed by atoms with E-state index in [0.29, 0.717) is 0 Å². The Morgan fingerprint density at radius 3 is 2.57 bits per heavy atom. The third kappa shape index (κ3) is 3.41. The number of aromatic nitrogens is 2. The fourth-order valence-electron chi connectivity index (χ4n) is 2.61. The van der Waals surface area contributed by atoms with Crippen molar-refractivity contribution in [3.63, 3.8) is 0 Å². The molecule has 2 aromatic rings. The van der Waals surface area contributed by atoms with Gasteiger partial charge in [0.2, 0.25) is 0 Å². The number of hydrogen-bond donors (Lipinski definition) is 1. The van der Waals surface area contributed by atoms with Crippen molar-refractivity contribution >= 4 is 5.91 Å². The highest BCUT2D eigenvalue weighted by Gasteiger charge is 2.35. The van der Waals surface area contributed by atoms with Gasteiger partial charge in [0.05, 0.1) is 12.0 Å². The average molecular weight is 319 g/mol. The van der Waals surface area contributed by atoms with Crippen LogP contribution in [0.4, 0.5) is 8.78 Å². The first kappa shape index (κ1) is 15.6. The number of benzene rings is 1. The summed E-state index contributed by atoms with van der Waals surface area (Å²) in [6.07, 6.45) is 5.15. The number of halogens is 2. The second-order valence-corrected chi connectivity index (χ2v) is 6.48. The Bertz CT molecular complexity index is 697. The van der Waals surface area contributed by atoms with Crippen molar-refractivity contribution in [2.75, 3.05) is 0 Å². The van der Waals surface area contributed by atoms with E-state index in [9.17, 15) is 13.6 Å². The molecular formula is C17H19F2N3O. The topological polar surface area (TPSA) is 46.9 Å². The van der Waals surface area contributed by atoms with Crippen molar-refractivity contribution in [3.8, 4) is 11.3 Å². The highest BCUT2D eigenvalue weighted by molar-refractivity contribution is 5.84. The highest BCUT2D eigenvalue weighted by Crippen LogP contribution is 2.33. The standard InChI is InChI=1S/C17H19F2N3O/c1-17(2,19)16(23)21-13-7-14(8-13)22-9-15(20-10-22)11-3-5-12(18)6-4-11/h3-6,9-10,13-14H,7-8H2,1-2H3,(H,21,23). The number of alkyl halides is 1. The molecule has 1 aliphatic carbocycles. The van der Waals surface area contributed by atoms with Crippen LogP contribution >= 0.6 is 0 Å². The zero-order valence-electron chi connectivity index (χ0n) is 13.1. The van der Waals surface area contributed by atoms with Gasteiger partial charge in [0.15, 0.2) is 5.67 Å². The molecule has 1 aromatic carbocycles. The molecule has 1 amide bonds. The Labute approximate surface area is 133 Å². The summed E-state index contributed by atoms with van der Waals surface area (Å²) in [6, 6.07) is 6.43. The van der Waals surface area contributed by atoms with Crippen molar-refractivity contribution in [2.45, 2.75) is 44.4 Å². The molecule has 23 heavy (non-hydrogen) atoms. The molecule has 3 rings (SSSR count). The third-order valence-electron chi connectivity index (χ3n) is 4.15. The van der Waals surface area contributed by atoms with Crippen LogP contribution in [0.1, 0.15) is 32.7 Å². The molecule has 6 heteroatoms. The molecule has 0 unspecified atom stereocenters. The van der Waals surface area contributed by atoms with Crippen LogP contribution in [-0.2, 0) is 4.79 Å². The molecule has 0 saturated heterocycles. The molecule has 0 spiro atoms. The summed E-state index contributed by atoms with van der Waals surface area (Å²) < 4.78 is 28.4.